The Hall–Kier alpha value is -3.13. The smallest absolute Gasteiger partial charge is 0.309 e. The molecule has 0 N–H and O–H groups in total. The van der Waals surface area contributed by atoms with Gasteiger partial charge in [-0.1, -0.05) is 36.4 Å². The van der Waals surface area contributed by atoms with Crippen LogP contribution in [0.1, 0.15) is 42.8 Å². The maximum atomic E-state index is 12.1. The Labute approximate surface area is 175 Å². The molecule has 156 valence electrons. The molecule has 1 fully saturated rings. The minimum Gasteiger partial charge on any atom is -0.466 e. The Morgan fingerprint density at radius 2 is 1.97 bits per heavy atom. The largest absolute Gasteiger partial charge is 0.466 e. The minimum absolute atomic E-state index is 0.0453. The summed E-state index contributed by atoms with van der Waals surface area (Å²) in [5, 5.41) is 12.6. The molecule has 4 rings (SSSR count). The molecule has 1 aromatic carbocycles. The topological polar surface area (TPSA) is 86.0 Å². The number of hydrogen-bond acceptors (Lipinski definition) is 7. The molecule has 0 bridgehead atoms. The fraction of sp³-hybridized carbons (Fsp3) is 0.409. The van der Waals surface area contributed by atoms with Crippen LogP contribution in [0.2, 0.25) is 0 Å². The predicted molar refractivity (Wildman–Crippen MR) is 110 cm³/mol. The van der Waals surface area contributed by atoms with E-state index >= 15 is 0 Å². The highest BCUT2D eigenvalue weighted by Gasteiger charge is 2.33. The van der Waals surface area contributed by atoms with Crippen LogP contribution >= 0.6 is 0 Å². The fourth-order valence-corrected chi connectivity index (χ4v) is 3.99. The van der Waals surface area contributed by atoms with Gasteiger partial charge in [0, 0.05) is 25.5 Å². The molecule has 1 aliphatic rings. The average molecular weight is 406 g/mol. The summed E-state index contributed by atoms with van der Waals surface area (Å²) >= 11 is 0. The van der Waals surface area contributed by atoms with Gasteiger partial charge in [-0.2, -0.15) is 0 Å². The summed E-state index contributed by atoms with van der Waals surface area (Å²) in [6.07, 6.45) is 5.15. The third-order valence-electron chi connectivity index (χ3n) is 5.49. The van der Waals surface area contributed by atoms with Crippen LogP contribution in [-0.4, -0.2) is 55.8 Å². The van der Waals surface area contributed by atoms with Gasteiger partial charge in [0.15, 0.2) is 5.82 Å². The molecule has 0 unspecified atom stereocenters. The van der Waals surface area contributed by atoms with E-state index in [1.807, 2.05) is 42.1 Å². The molecule has 1 atom stereocenters. The summed E-state index contributed by atoms with van der Waals surface area (Å²) < 4.78 is 7.07. The zero-order valence-electron chi connectivity index (χ0n) is 17.1. The maximum Gasteiger partial charge on any atom is 0.309 e. The number of aromatic nitrogens is 5. The number of hydrogen-bond donors (Lipinski definition) is 0. The van der Waals surface area contributed by atoms with Gasteiger partial charge in [-0.3, -0.25) is 14.7 Å². The van der Waals surface area contributed by atoms with E-state index in [2.05, 4.69) is 43.6 Å². The lowest BCUT2D eigenvalue weighted by molar-refractivity contribution is -0.149. The van der Waals surface area contributed by atoms with Crippen LogP contribution < -0.4 is 0 Å². The van der Waals surface area contributed by atoms with Crippen molar-refractivity contribution in [2.24, 2.45) is 5.92 Å². The molecule has 0 amide bonds. The summed E-state index contributed by atoms with van der Waals surface area (Å²) in [6.45, 7) is 4.39. The number of likely N-dealkylation sites (tertiary alicyclic amines) is 1. The summed E-state index contributed by atoms with van der Waals surface area (Å²) in [4.78, 5) is 18.8. The van der Waals surface area contributed by atoms with Crippen molar-refractivity contribution in [3.05, 3.63) is 71.8 Å². The Balaban J connectivity index is 1.59. The molecule has 2 aromatic heterocycles. The van der Waals surface area contributed by atoms with Gasteiger partial charge in [-0.25, -0.2) is 4.68 Å². The zero-order valence-corrected chi connectivity index (χ0v) is 17.1. The normalized spacial score (nSPS) is 16.3. The number of piperidine rings is 1. The van der Waals surface area contributed by atoms with Crippen LogP contribution in [0.25, 0.3) is 0 Å². The van der Waals surface area contributed by atoms with Gasteiger partial charge in [0.1, 0.15) is 0 Å². The van der Waals surface area contributed by atoms with Gasteiger partial charge in [0.25, 0.3) is 0 Å². The van der Waals surface area contributed by atoms with Gasteiger partial charge in [0.05, 0.1) is 25.1 Å². The van der Waals surface area contributed by atoms with Gasteiger partial charge < -0.3 is 4.74 Å². The van der Waals surface area contributed by atoms with E-state index in [9.17, 15) is 4.79 Å². The van der Waals surface area contributed by atoms with Crippen molar-refractivity contribution in [2.45, 2.75) is 32.4 Å². The highest BCUT2D eigenvalue weighted by Crippen LogP contribution is 2.31. The molecule has 8 heteroatoms. The van der Waals surface area contributed by atoms with Crippen LogP contribution in [0.4, 0.5) is 0 Å². The maximum absolute atomic E-state index is 12.1. The number of tetrazole rings is 1. The second-order valence-corrected chi connectivity index (χ2v) is 7.43. The average Bonchev–Trinajstić information content (AvgIpc) is 3.23. The summed E-state index contributed by atoms with van der Waals surface area (Å²) in [5.41, 5.74) is 2.17. The Morgan fingerprint density at radius 3 is 2.67 bits per heavy atom. The lowest BCUT2D eigenvalue weighted by atomic mass is 9.94. The molecule has 8 nitrogen and oxygen atoms in total. The number of carbonyl (C=O) groups is 1. The lowest BCUT2D eigenvalue weighted by Crippen LogP contribution is -2.40. The first kappa shape index (κ1) is 20.2. The molecule has 0 radical (unpaired) electrons. The monoisotopic (exact) mass is 406 g/mol. The summed E-state index contributed by atoms with van der Waals surface area (Å²) in [5.74, 6) is 0.640. The molecule has 1 saturated heterocycles. The van der Waals surface area contributed by atoms with E-state index in [-0.39, 0.29) is 17.9 Å². The first-order valence-electron chi connectivity index (χ1n) is 10.4. The lowest BCUT2D eigenvalue weighted by Gasteiger charge is -2.36. The Bertz CT molecular complexity index is 939. The van der Waals surface area contributed by atoms with Crippen molar-refractivity contribution in [1.82, 2.24) is 30.1 Å². The number of carbonyl (C=O) groups excluding carboxylic acids is 1. The number of rotatable bonds is 7. The van der Waals surface area contributed by atoms with Crippen molar-refractivity contribution in [3.8, 4) is 0 Å². The number of ether oxygens (including phenoxy) is 1. The van der Waals surface area contributed by atoms with E-state index in [0.29, 0.717) is 13.2 Å². The van der Waals surface area contributed by atoms with Crippen molar-refractivity contribution in [3.63, 3.8) is 0 Å². The summed E-state index contributed by atoms with van der Waals surface area (Å²) in [6, 6.07) is 14.0. The quantitative estimate of drug-likeness (QED) is 0.557. The second-order valence-electron chi connectivity index (χ2n) is 7.43. The third-order valence-corrected chi connectivity index (χ3v) is 5.49. The second kappa shape index (κ2) is 9.58. The van der Waals surface area contributed by atoms with Crippen LogP contribution in [-0.2, 0) is 16.1 Å². The number of benzene rings is 1. The molecular weight excluding hydrogens is 380 g/mol. The number of nitrogens with zero attached hydrogens (tertiary/aromatic N) is 6. The Kier molecular flexibility index (Phi) is 6.44. The van der Waals surface area contributed by atoms with Gasteiger partial charge in [0.2, 0.25) is 0 Å². The van der Waals surface area contributed by atoms with E-state index < -0.39 is 0 Å². The van der Waals surface area contributed by atoms with Gasteiger partial charge in [-0.05, 0) is 47.4 Å². The van der Waals surface area contributed by atoms with Crippen LogP contribution in [0, 0.1) is 5.92 Å². The fourth-order valence-electron chi connectivity index (χ4n) is 3.99. The van der Waals surface area contributed by atoms with E-state index in [4.69, 9.17) is 4.74 Å². The van der Waals surface area contributed by atoms with Crippen molar-refractivity contribution >= 4 is 5.97 Å². The van der Waals surface area contributed by atoms with Crippen molar-refractivity contribution in [2.75, 3.05) is 19.7 Å². The highest BCUT2D eigenvalue weighted by atomic mass is 16.5. The van der Waals surface area contributed by atoms with Gasteiger partial charge >= 0.3 is 5.97 Å². The molecule has 3 heterocycles. The zero-order chi connectivity index (χ0) is 20.8. The molecule has 0 saturated carbocycles. The molecular formula is C22H26N6O2. The molecule has 0 aliphatic carbocycles. The Morgan fingerprint density at radius 1 is 1.17 bits per heavy atom. The van der Waals surface area contributed by atoms with E-state index in [1.54, 1.807) is 6.20 Å². The standard InChI is InChI=1S/C22H26N6O2/c1-2-30-22(29)18-10-13-27(14-11-18)20(19-9-6-12-23-15-19)21-24-25-26-28(21)16-17-7-4-3-5-8-17/h3-9,12,15,18,20H,2,10-11,13-14,16H2,1H3/t20-/m1/s1. The van der Waals surface area contributed by atoms with Crippen molar-refractivity contribution in [1.29, 1.82) is 0 Å². The van der Waals surface area contributed by atoms with E-state index in [0.717, 1.165) is 42.9 Å². The van der Waals surface area contributed by atoms with Crippen LogP contribution in [0.15, 0.2) is 54.9 Å². The highest BCUT2D eigenvalue weighted by molar-refractivity contribution is 5.72. The van der Waals surface area contributed by atoms with Crippen LogP contribution in [0.3, 0.4) is 0 Å². The number of pyridine rings is 1. The first-order chi connectivity index (χ1) is 14.8. The third kappa shape index (κ3) is 4.54. The first-order valence-corrected chi connectivity index (χ1v) is 10.4. The molecule has 30 heavy (non-hydrogen) atoms. The number of esters is 1. The van der Waals surface area contributed by atoms with Crippen molar-refractivity contribution < 1.29 is 9.53 Å². The SMILES string of the molecule is CCOC(=O)C1CCN([C@H](c2cccnc2)c2nnnn2Cc2ccccc2)CC1. The van der Waals surface area contributed by atoms with Crippen LogP contribution in [0.5, 0.6) is 0 Å². The van der Waals surface area contributed by atoms with Gasteiger partial charge in [-0.15, -0.1) is 5.10 Å². The molecule has 3 aromatic rings. The molecule has 0 spiro atoms. The minimum atomic E-state index is -0.124. The summed E-state index contributed by atoms with van der Waals surface area (Å²) in [7, 11) is 0. The predicted octanol–water partition coefficient (Wildman–Crippen LogP) is 2.48. The molecule has 1 aliphatic heterocycles. The van der Waals surface area contributed by atoms with E-state index in [1.165, 1.54) is 0 Å².